The highest BCUT2D eigenvalue weighted by atomic mass is 35.5. The smallest absolute Gasteiger partial charge is 0.338 e. The highest BCUT2D eigenvalue weighted by Gasteiger charge is 2.49. The minimum Gasteiger partial charge on any atom is -0.452 e. The van der Waals surface area contributed by atoms with E-state index in [1.165, 1.54) is 17.0 Å². The molecule has 3 amide bonds. The number of rotatable bonds is 5. The number of anilines is 2. The van der Waals surface area contributed by atoms with Crippen LogP contribution < -0.4 is 10.2 Å². The number of nitrogens with zero attached hydrogens (tertiary/aromatic N) is 1. The zero-order valence-corrected chi connectivity index (χ0v) is 19.2. The highest BCUT2D eigenvalue weighted by Crippen LogP contribution is 2.42. The lowest BCUT2D eigenvalue weighted by atomic mass is 9.76. The summed E-state index contributed by atoms with van der Waals surface area (Å²) in [6, 6.07) is 11.2. The first-order valence-corrected chi connectivity index (χ1v) is 11.3. The van der Waals surface area contributed by atoms with Crippen molar-refractivity contribution in [2.24, 2.45) is 17.8 Å². The van der Waals surface area contributed by atoms with E-state index in [-0.39, 0.29) is 29.2 Å². The second-order valence-electron chi connectivity index (χ2n) is 8.78. The summed E-state index contributed by atoms with van der Waals surface area (Å²) < 4.78 is 5.08. The van der Waals surface area contributed by atoms with E-state index >= 15 is 0 Å². The largest absolute Gasteiger partial charge is 0.452 e. The van der Waals surface area contributed by atoms with E-state index < -0.39 is 18.5 Å². The van der Waals surface area contributed by atoms with Crippen LogP contribution in [-0.2, 0) is 19.1 Å². The molecule has 3 atom stereocenters. The van der Waals surface area contributed by atoms with Crippen molar-refractivity contribution >= 4 is 46.7 Å². The molecular formula is C25H25ClN2O5. The van der Waals surface area contributed by atoms with Crippen molar-refractivity contribution in [3.8, 4) is 0 Å². The molecule has 1 saturated heterocycles. The van der Waals surface area contributed by atoms with Crippen LogP contribution in [0.15, 0.2) is 42.5 Å². The zero-order chi connectivity index (χ0) is 23.7. The van der Waals surface area contributed by atoms with Crippen LogP contribution in [0.5, 0.6) is 0 Å². The van der Waals surface area contributed by atoms with Crippen LogP contribution in [0.25, 0.3) is 0 Å². The first-order valence-electron chi connectivity index (χ1n) is 11.0. The van der Waals surface area contributed by atoms with E-state index in [2.05, 4.69) is 12.2 Å². The molecule has 8 heteroatoms. The second kappa shape index (κ2) is 9.35. The summed E-state index contributed by atoms with van der Waals surface area (Å²) in [7, 11) is 0. The molecule has 2 aromatic carbocycles. The minimum absolute atomic E-state index is 0.167. The number of hydrogen-bond donors (Lipinski definition) is 1. The molecule has 2 aromatic rings. The van der Waals surface area contributed by atoms with E-state index in [0.717, 1.165) is 24.8 Å². The van der Waals surface area contributed by atoms with Gasteiger partial charge in [-0.25, -0.2) is 4.79 Å². The Balaban J connectivity index is 1.35. The Kier molecular flexibility index (Phi) is 6.51. The summed E-state index contributed by atoms with van der Waals surface area (Å²) in [4.78, 5) is 51.3. The number of benzene rings is 2. The Labute approximate surface area is 197 Å². The average molecular weight is 469 g/mol. The molecular weight excluding hydrogens is 444 g/mol. The van der Waals surface area contributed by atoms with Crippen LogP contribution in [0.1, 0.15) is 42.1 Å². The van der Waals surface area contributed by atoms with Crippen LogP contribution in [0, 0.1) is 24.7 Å². The third-order valence-corrected chi connectivity index (χ3v) is 6.75. The van der Waals surface area contributed by atoms with Gasteiger partial charge in [-0.15, -0.1) is 0 Å². The molecule has 0 unspecified atom stereocenters. The molecule has 33 heavy (non-hydrogen) atoms. The first kappa shape index (κ1) is 23.0. The summed E-state index contributed by atoms with van der Waals surface area (Å²) in [5.41, 5.74) is 2.05. The van der Waals surface area contributed by atoms with Crippen LogP contribution in [-0.4, -0.2) is 30.3 Å². The van der Waals surface area contributed by atoms with E-state index in [1.807, 2.05) is 6.92 Å². The number of carbonyl (C=O) groups is 4. The van der Waals surface area contributed by atoms with Gasteiger partial charge in [0.2, 0.25) is 11.8 Å². The highest BCUT2D eigenvalue weighted by molar-refractivity contribution is 6.31. The summed E-state index contributed by atoms with van der Waals surface area (Å²) >= 11 is 6.04. The number of ether oxygens (including phenoxy) is 1. The maximum absolute atomic E-state index is 12.8. The van der Waals surface area contributed by atoms with Gasteiger partial charge in [0.05, 0.1) is 23.1 Å². The molecule has 0 aromatic heterocycles. The van der Waals surface area contributed by atoms with Crippen LogP contribution in [0.3, 0.4) is 0 Å². The van der Waals surface area contributed by atoms with Crippen LogP contribution >= 0.6 is 11.6 Å². The topological polar surface area (TPSA) is 92.8 Å². The lowest BCUT2D eigenvalue weighted by molar-refractivity contribution is -0.122. The Morgan fingerprint density at radius 2 is 1.76 bits per heavy atom. The molecule has 1 saturated carbocycles. The van der Waals surface area contributed by atoms with E-state index in [1.54, 1.807) is 30.3 Å². The number of amides is 3. The number of nitrogens with one attached hydrogen (secondary N) is 1. The average Bonchev–Trinajstić information content (AvgIpc) is 3.04. The van der Waals surface area contributed by atoms with E-state index in [4.69, 9.17) is 16.3 Å². The predicted molar refractivity (Wildman–Crippen MR) is 124 cm³/mol. The predicted octanol–water partition coefficient (Wildman–Crippen LogP) is 4.37. The second-order valence-corrected chi connectivity index (χ2v) is 9.19. The Hall–Kier alpha value is -3.19. The van der Waals surface area contributed by atoms with Gasteiger partial charge in [-0.3, -0.25) is 19.3 Å². The number of esters is 1. The van der Waals surface area contributed by atoms with Crippen LogP contribution in [0.4, 0.5) is 11.4 Å². The van der Waals surface area contributed by atoms with Gasteiger partial charge in [-0.2, -0.15) is 0 Å². The third kappa shape index (κ3) is 4.78. The molecule has 0 bridgehead atoms. The molecule has 0 radical (unpaired) electrons. The number of imide groups is 1. The minimum atomic E-state index is -0.680. The fourth-order valence-electron chi connectivity index (χ4n) is 4.47. The van der Waals surface area contributed by atoms with Crippen molar-refractivity contribution in [2.75, 3.05) is 16.8 Å². The molecule has 1 aliphatic heterocycles. The number of halogens is 1. The Morgan fingerprint density at radius 1 is 1.06 bits per heavy atom. The molecule has 2 aliphatic rings. The van der Waals surface area contributed by atoms with Gasteiger partial charge >= 0.3 is 5.97 Å². The molecule has 1 N–H and O–H groups in total. The lowest BCUT2D eigenvalue weighted by Gasteiger charge is -2.25. The van der Waals surface area contributed by atoms with Gasteiger partial charge in [0.25, 0.3) is 5.91 Å². The van der Waals surface area contributed by atoms with Gasteiger partial charge in [0.15, 0.2) is 6.61 Å². The molecule has 172 valence electrons. The molecule has 2 fully saturated rings. The maximum atomic E-state index is 12.8. The molecule has 4 rings (SSSR count). The summed E-state index contributed by atoms with van der Waals surface area (Å²) in [6.45, 7) is 3.49. The number of aryl methyl sites for hydroxylation is 1. The van der Waals surface area contributed by atoms with Gasteiger partial charge < -0.3 is 10.1 Å². The Morgan fingerprint density at radius 3 is 2.45 bits per heavy atom. The normalized spacial score (nSPS) is 22.2. The summed E-state index contributed by atoms with van der Waals surface area (Å²) in [5.74, 6) is -1.58. The van der Waals surface area contributed by atoms with E-state index in [9.17, 15) is 19.2 Å². The molecule has 1 heterocycles. The first-order chi connectivity index (χ1) is 15.7. The molecule has 1 aliphatic carbocycles. The zero-order valence-electron chi connectivity index (χ0n) is 18.5. The maximum Gasteiger partial charge on any atom is 0.338 e. The SMILES string of the molecule is Cc1ccc(NC(=O)COC(=O)c2ccc(N3C(=O)[C@H]4C[C@H](C)CC[C@H]4C3=O)cc2)cc1Cl. The monoisotopic (exact) mass is 468 g/mol. The van der Waals surface area contributed by atoms with Crippen molar-refractivity contribution in [1.29, 1.82) is 0 Å². The number of fused-ring (bicyclic) bond motifs is 1. The fourth-order valence-corrected chi connectivity index (χ4v) is 4.65. The van der Waals surface area contributed by atoms with Gasteiger partial charge in [0, 0.05) is 10.7 Å². The van der Waals surface area contributed by atoms with Crippen molar-refractivity contribution in [3.63, 3.8) is 0 Å². The van der Waals surface area contributed by atoms with Gasteiger partial charge in [0.1, 0.15) is 0 Å². The number of hydrogen-bond acceptors (Lipinski definition) is 5. The van der Waals surface area contributed by atoms with Crippen molar-refractivity contribution in [2.45, 2.75) is 33.1 Å². The van der Waals surface area contributed by atoms with Crippen molar-refractivity contribution in [3.05, 3.63) is 58.6 Å². The Bertz CT molecular complexity index is 1110. The number of carbonyl (C=O) groups excluding carboxylic acids is 4. The standard InChI is InChI=1S/C25H25ClN2O5/c1-14-3-10-19-20(11-14)24(31)28(23(19)30)18-8-5-16(6-9-18)25(32)33-13-22(29)27-17-7-4-15(2)21(26)12-17/h4-9,12,14,19-20H,3,10-11,13H2,1-2H3,(H,27,29)/t14-,19-,20+/m1/s1. The molecule has 0 spiro atoms. The lowest BCUT2D eigenvalue weighted by Crippen LogP contribution is -2.30. The van der Waals surface area contributed by atoms with E-state index in [0.29, 0.717) is 22.3 Å². The van der Waals surface area contributed by atoms with Crippen molar-refractivity contribution in [1.82, 2.24) is 0 Å². The molecule has 7 nitrogen and oxygen atoms in total. The fraction of sp³-hybridized carbons (Fsp3) is 0.360. The third-order valence-electron chi connectivity index (χ3n) is 6.34. The van der Waals surface area contributed by atoms with Gasteiger partial charge in [-0.05, 0) is 74.1 Å². The summed E-state index contributed by atoms with van der Waals surface area (Å²) in [6.07, 6.45) is 2.41. The summed E-state index contributed by atoms with van der Waals surface area (Å²) in [5, 5.41) is 3.14. The van der Waals surface area contributed by atoms with Crippen LogP contribution in [0.2, 0.25) is 5.02 Å². The van der Waals surface area contributed by atoms with Crippen molar-refractivity contribution < 1.29 is 23.9 Å². The van der Waals surface area contributed by atoms with Gasteiger partial charge in [-0.1, -0.05) is 24.6 Å². The quantitative estimate of drug-likeness (QED) is 0.519.